The zero-order valence-corrected chi connectivity index (χ0v) is 9.29. The molecule has 82 valence electrons. The summed E-state index contributed by atoms with van der Waals surface area (Å²) >= 11 is 1.22. The van der Waals surface area contributed by atoms with Crippen LogP contribution in [-0.4, -0.2) is 22.2 Å². The van der Waals surface area contributed by atoms with Crippen molar-refractivity contribution < 1.29 is 14.6 Å². The number of carbonyl (C=O) groups is 1. The van der Waals surface area contributed by atoms with Gasteiger partial charge in [-0.25, -0.2) is 9.78 Å². The van der Waals surface area contributed by atoms with Crippen LogP contribution in [0.25, 0.3) is 0 Å². The number of nitrogens with zero attached hydrogens (tertiary/aromatic N) is 1. The van der Waals surface area contributed by atoms with E-state index in [9.17, 15) is 4.79 Å². The molecule has 5 heteroatoms. The number of rotatable bonds is 4. The monoisotopic (exact) mass is 227 g/mol. The number of aliphatic hydroxyl groups excluding tert-OH is 1. The predicted octanol–water partition coefficient (Wildman–Crippen LogP) is 1.59. The van der Waals surface area contributed by atoms with Crippen LogP contribution < -0.4 is 0 Å². The predicted molar refractivity (Wildman–Crippen MR) is 55.6 cm³/mol. The van der Waals surface area contributed by atoms with Crippen molar-refractivity contribution in [3.8, 4) is 0 Å². The Morgan fingerprint density at radius 1 is 1.80 bits per heavy atom. The highest BCUT2D eigenvalue weighted by Gasteiger charge is 2.39. The molecule has 1 aliphatic carbocycles. The van der Waals surface area contributed by atoms with E-state index in [1.54, 1.807) is 5.51 Å². The zero-order valence-electron chi connectivity index (χ0n) is 8.47. The lowest BCUT2D eigenvalue weighted by atomic mass is 10.3. The molecule has 1 heterocycles. The molecule has 4 nitrogen and oxygen atoms in total. The van der Waals surface area contributed by atoms with Gasteiger partial charge < -0.3 is 9.84 Å². The van der Waals surface area contributed by atoms with E-state index in [0.29, 0.717) is 16.5 Å². The highest BCUT2D eigenvalue weighted by molar-refractivity contribution is 7.11. The van der Waals surface area contributed by atoms with E-state index in [1.165, 1.54) is 11.3 Å². The van der Waals surface area contributed by atoms with Crippen molar-refractivity contribution in [2.75, 3.05) is 0 Å². The molecule has 0 bridgehead atoms. The molecule has 0 aromatic carbocycles. The van der Waals surface area contributed by atoms with Crippen LogP contribution in [0, 0.1) is 5.92 Å². The maximum atomic E-state index is 11.6. The summed E-state index contributed by atoms with van der Waals surface area (Å²) in [5, 5.41) is 8.94. The minimum absolute atomic E-state index is 0.0798. The van der Waals surface area contributed by atoms with E-state index in [2.05, 4.69) is 11.9 Å². The summed E-state index contributed by atoms with van der Waals surface area (Å²) in [5.41, 5.74) is 1.96. The van der Waals surface area contributed by atoms with Gasteiger partial charge in [0.2, 0.25) is 0 Å². The average molecular weight is 227 g/mol. The third-order valence-electron chi connectivity index (χ3n) is 2.62. The van der Waals surface area contributed by atoms with Gasteiger partial charge in [-0.05, 0) is 18.8 Å². The number of ether oxygens (including phenoxy) is 1. The minimum atomic E-state index is -0.345. The van der Waals surface area contributed by atoms with Gasteiger partial charge in [0, 0.05) is 0 Å². The molecule has 1 N–H and O–H groups in total. The van der Waals surface area contributed by atoms with Gasteiger partial charge in [-0.1, -0.05) is 6.92 Å². The number of hydrogen-bond donors (Lipinski definition) is 1. The molecule has 0 radical (unpaired) electrons. The van der Waals surface area contributed by atoms with Crippen LogP contribution in [0.3, 0.4) is 0 Å². The van der Waals surface area contributed by atoms with E-state index in [4.69, 9.17) is 9.84 Å². The van der Waals surface area contributed by atoms with Crippen molar-refractivity contribution in [2.24, 2.45) is 5.92 Å². The quantitative estimate of drug-likeness (QED) is 0.793. The van der Waals surface area contributed by atoms with Crippen LogP contribution in [0.15, 0.2) is 5.51 Å². The first-order chi connectivity index (χ1) is 7.26. The Bertz CT molecular complexity index is 363. The fourth-order valence-electron chi connectivity index (χ4n) is 1.53. The lowest BCUT2D eigenvalue weighted by molar-refractivity contribution is 0.0452. The molecule has 15 heavy (non-hydrogen) atoms. The normalized spacial score (nSPS) is 23.9. The van der Waals surface area contributed by atoms with E-state index in [-0.39, 0.29) is 18.7 Å². The van der Waals surface area contributed by atoms with Gasteiger partial charge in [0.1, 0.15) is 11.0 Å². The SMILES string of the molecule is CCC1CC1OC(=O)c1scnc1CO. The number of esters is 1. The summed E-state index contributed by atoms with van der Waals surface area (Å²) in [5.74, 6) is 0.182. The van der Waals surface area contributed by atoms with Crippen molar-refractivity contribution >= 4 is 17.3 Å². The number of aromatic nitrogens is 1. The van der Waals surface area contributed by atoms with Crippen LogP contribution in [0.1, 0.15) is 35.1 Å². The second kappa shape index (κ2) is 4.28. The smallest absolute Gasteiger partial charge is 0.350 e. The molecule has 2 rings (SSSR count). The van der Waals surface area contributed by atoms with Crippen LogP contribution in [-0.2, 0) is 11.3 Å². The Balaban J connectivity index is 1.96. The minimum Gasteiger partial charge on any atom is -0.458 e. The van der Waals surface area contributed by atoms with Gasteiger partial charge in [0.05, 0.1) is 17.8 Å². The van der Waals surface area contributed by atoms with E-state index < -0.39 is 0 Å². The van der Waals surface area contributed by atoms with Crippen LogP contribution in [0.2, 0.25) is 0 Å². The lowest BCUT2D eigenvalue weighted by Gasteiger charge is -2.02. The summed E-state index contributed by atoms with van der Waals surface area (Å²) in [6, 6.07) is 0. The number of thiazole rings is 1. The second-order valence-electron chi connectivity index (χ2n) is 3.63. The molecule has 1 aliphatic rings. The van der Waals surface area contributed by atoms with Crippen LogP contribution in [0.4, 0.5) is 0 Å². The summed E-state index contributed by atoms with van der Waals surface area (Å²) < 4.78 is 5.27. The molecule has 1 aromatic rings. The highest BCUT2D eigenvalue weighted by Crippen LogP contribution is 2.37. The first-order valence-electron chi connectivity index (χ1n) is 5.00. The standard InChI is InChI=1S/C10H13NO3S/c1-2-6-3-8(6)14-10(13)9-7(4-12)11-5-15-9/h5-6,8,12H,2-4H2,1H3. The van der Waals surface area contributed by atoms with Gasteiger partial charge in [-0.3, -0.25) is 0 Å². The molecule has 1 saturated carbocycles. The van der Waals surface area contributed by atoms with Crippen molar-refractivity contribution in [3.05, 3.63) is 16.1 Å². The van der Waals surface area contributed by atoms with Gasteiger partial charge in [-0.2, -0.15) is 0 Å². The molecule has 0 aliphatic heterocycles. The van der Waals surface area contributed by atoms with E-state index >= 15 is 0 Å². The Labute approximate surface area is 91.9 Å². The van der Waals surface area contributed by atoms with E-state index in [1.807, 2.05) is 0 Å². The van der Waals surface area contributed by atoms with Gasteiger partial charge in [0.25, 0.3) is 0 Å². The molecular formula is C10H13NO3S. The lowest BCUT2D eigenvalue weighted by Crippen LogP contribution is -2.09. The zero-order chi connectivity index (χ0) is 10.8. The average Bonchev–Trinajstić information content (AvgIpc) is 2.81. The summed E-state index contributed by atoms with van der Waals surface area (Å²) in [7, 11) is 0. The number of aliphatic hydroxyl groups is 1. The Kier molecular flexibility index (Phi) is 3.02. The molecule has 2 unspecified atom stereocenters. The van der Waals surface area contributed by atoms with E-state index in [0.717, 1.165) is 12.8 Å². The molecule has 0 amide bonds. The van der Waals surface area contributed by atoms with Crippen LogP contribution in [0.5, 0.6) is 0 Å². The molecular weight excluding hydrogens is 214 g/mol. The molecule has 1 fully saturated rings. The summed E-state index contributed by atoms with van der Waals surface area (Å²) in [4.78, 5) is 16.0. The highest BCUT2D eigenvalue weighted by atomic mass is 32.1. The Morgan fingerprint density at radius 3 is 3.20 bits per heavy atom. The Morgan fingerprint density at radius 2 is 2.60 bits per heavy atom. The first kappa shape index (κ1) is 10.6. The third-order valence-corrected chi connectivity index (χ3v) is 3.47. The van der Waals surface area contributed by atoms with Crippen molar-refractivity contribution in [2.45, 2.75) is 32.5 Å². The fourth-order valence-corrected chi connectivity index (χ4v) is 2.22. The maximum Gasteiger partial charge on any atom is 0.350 e. The molecule has 1 aromatic heterocycles. The van der Waals surface area contributed by atoms with Crippen LogP contribution >= 0.6 is 11.3 Å². The maximum absolute atomic E-state index is 11.6. The molecule has 0 saturated heterocycles. The Hall–Kier alpha value is -0.940. The number of hydrogen-bond acceptors (Lipinski definition) is 5. The van der Waals surface area contributed by atoms with Gasteiger partial charge in [0.15, 0.2) is 0 Å². The van der Waals surface area contributed by atoms with Gasteiger partial charge in [-0.15, -0.1) is 11.3 Å². The van der Waals surface area contributed by atoms with Crippen molar-refractivity contribution in [3.63, 3.8) is 0 Å². The number of carbonyl (C=O) groups excluding carboxylic acids is 1. The van der Waals surface area contributed by atoms with Gasteiger partial charge >= 0.3 is 5.97 Å². The molecule has 2 atom stereocenters. The fraction of sp³-hybridized carbons (Fsp3) is 0.600. The first-order valence-corrected chi connectivity index (χ1v) is 5.88. The summed E-state index contributed by atoms with van der Waals surface area (Å²) in [6.07, 6.45) is 2.10. The van der Waals surface area contributed by atoms with Crippen molar-refractivity contribution in [1.29, 1.82) is 0 Å². The second-order valence-corrected chi connectivity index (χ2v) is 4.49. The summed E-state index contributed by atoms with van der Waals surface area (Å²) in [6.45, 7) is 1.88. The molecule has 0 spiro atoms. The topological polar surface area (TPSA) is 59.4 Å². The third kappa shape index (κ3) is 2.18. The van der Waals surface area contributed by atoms with Crippen molar-refractivity contribution in [1.82, 2.24) is 4.98 Å². The largest absolute Gasteiger partial charge is 0.458 e.